The molecule has 3 rings (SSSR count). The molecule has 6 heteroatoms. The van der Waals surface area contributed by atoms with E-state index in [2.05, 4.69) is 18.6 Å². The third kappa shape index (κ3) is 4.59. The van der Waals surface area contributed by atoms with Crippen molar-refractivity contribution in [2.45, 2.75) is 33.1 Å². The van der Waals surface area contributed by atoms with Gasteiger partial charge in [0.25, 0.3) is 0 Å². The lowest BCUT2D eigenvalue weighted by Gasteiger charge is -2.12. The molecule has 0 aliphatic carbocycles. The van der Waals surface area contributed by atoms with Crippen LogP contribution in [0.25, 0.3) is 11.0 Å². The molecule has 0 unspecified atom stereocenters. The summed E-state index contributed by atoms with van der Waals surface area (Å²) < 4.78 is 21.5. The fourth-order valence-electron chi connectivity index (χ4n) is 2.91. The zero-order chi connectivity index (χ0) is 21.0. The molecule has 0 spiro atoms. The normalized spacial score (nSPS) is 10.9. The third-order valence-electron chi connectivity index (χ3n) is 4.65. The van der Waals surface area contributed by atoms with Gasteiger partial charge in [-0.1, -0.05) is 32.9 Å². The maximum Gasteiger partial charge on any atom is 0.343 e. The quantitative estimate of drug-likeness (QED) is 0.533. The van der Waals surface area contributed by atoms with Crippen LogP contribution in [-0.2, 0) is 16.0 Å². The summed E-state index contributed by atoms with van der Waals surface area (Å²) in [6.45, 7) is 5.95. The van der Waals surface area contributed by atoms with Crippen LogP contribution in [0.2, 0.25) is 0 Å². The third-order valence-corrected chi connectivity index (χ3v) is 4.65. The molecule has 1 heterocycles. The number of ether oxygens (including phenoxy) is 3. The van der Waals surface area contributed by atoms with Gasteiger partial charge in [0.05, 0.1) is 12.5 Å². The SMILES string of the molecule is CCc1cc2c(=O)c(Oc3ccc(C(C)C)cc3)coc2cc1OCC(=O)OC. The van der Waals surface area contributed by atoms with Gasteiger partial charge < -0.3 is 18.6 Å². The highest BCUT2D eigenvalue weighted by molar-refractivity contribution is 5.81. The molecule has 0 amide bonds. The summed E-state index contributed by atoms with van der Waals surface area (Å²) in [5, 5.41) is 0.392. The second-order valence-corrected chi connectivity index (χ2v) is 6.93. The van der Waals surface area contributed by atoms with Gasteiger partial charge >= 0.3 is 5.97 Å². The minimum absolute atomic E-state index is 0.111. The molecule has 0 bridgehead atoms. The monoisotopic (exact) mass is 396 g/mol. The molecule has 3 aromatic rings. The van der Waals surface area contributed by atoms with E-state index in [9.17, 15) is 9.59 Å². The lowest BCUT2D eigenvalue weighted by molar-refractivity contribution is -0.142. The summed E-state index contributed by atoms with van der Waals surface area (Å²) >= 11 is 0. The minimum atomic E-state index is -0.485. The number of rotatable bonds is 7. The Labute approximate surface area is 169 Å². The summed E-state index contributed by atoms with van der Waals surface area (Å²) in [6, 6.07) is 10.9. The molecule has 0 radical (unpaired) electrons. The predicted octanol–water partition coefficient (Wildman–Crippen LogP) is 4.82. The van der Waals surface area contributed by atoms with Gasteiger partial charge in [-0.15, -0.1) is 0 Å². The molecular weight excluding hydrogens is 372 g/mol. The smallest absolute Gasteiger partial charge is 0.343 e. The molecule has 0 aliphatic rings. The number of carbonyl (C=O) groups excluding carboxylic acids is 1. The van der Waals surface area contributed by atoms with Crippen molar-refractivity contribution in [2.24, 2.45) is 0 Å². The molecule has 2 aromatic carbocycles. The number of methoxy groups -OCH3 is 1. The van der Waals surface area contributed by atoms with Crippen LogP contribution in [0.5, 0.6) is 17.2 Å². The Bertz CT molecular complexity index is 1060. The van der Waals surface area contributed by atoms with Crippen LogP contribution in [0.1, 0.15) is 37.8 Å². The molecule has 0 saturated carbocycles. The minimum Gasteiger partial charge on any atom is -0.481 e. The van der Waals surface area contributed by atoms with Crippen LogP contribution < -0.4 is 14.9 Å². The highest BCUT2D eigenvalue weighted by Gasteiger charge is 2.14. The van der Waals surface area contributed by atoms with Crippen molar-refractivity contribution >= 4 is 16.9 Å². The van der Waals surface area contributed by atoms with Crippen LogP contribution in [0.15, 0.2) is 51.9 Å². The molecular formula is C23H24O6. The summed E-state index contributed by atoms with van der Waals surface area (Å²) in [6.07, 6.45) is 1.91. The van der Waals surface area contributed by atoms with Crippen molar-refractivity contribution in [3.63, 3.8) is 0 Å². The Hall–Kier alpha value is -3.28. The largest absolute Gasteiger partial charge is 0.481 e. The Kier molecular flexibility index (Phi) is 6.22. The van der Waals surface area contributed by atoms with Gasteiger partial charge in [-0.05, 0) is 41.7 Å². The van der Waals surface area contributed by atoms with Crippen molar-refractivity contribution in [3.8, 4) is 17.2 Å². The van der Waals surface area contributed by atoms with E-state index in [0.717, 1.165) is 5.56 Å². The lowest BCUT2D eigenvalue weighted by Crippen LogP contribution is -2.13. The summed E-state index contributed by atoms with van der Waals surface area (Å²) in [4.78, 5) is 24.2. The maximum absolute atomic E-state index is 12.9. The van der Waals surface area contributed by atoms with Gasteiger partial charge in [0, 0.05) is 6.07 Å². The van der Waals surface area contributed by atoms with Crippen LogP contribution in [0.4, 0.5) is 0 Å². The van der Waals surface area contributed by atoms with E-state index in [0.29, 0.717) is 34.8 Å². The Morgan fingerprint density at radius 3 is 2.45 bits per heavy atom. The molecule has 0 atom stereocenters. The fraction of sp³-hybridized carbons (Fsp3) is 0.304. The first-order valence-electron chi connectivity index (χ1n) is 9.48. The predicted molar refractivity (Wildman–Crippen MR) is 110 cm³/mol. The van der Waals surface area contributed by atoms with Gasteiger partial charge in [0.15, 0.2) is 6.61 Å². The molecule has 29 heavy (non-hydrogen) atoms. The topological polar surface area (TPSA) is 75.0 Å². The number of fused-ring (bicyclic) bond motifs is 1. The van der Waals surface area contributed by atoms with E-state index in [4.69, 9.17) is 13.9 Å². The molecule has 0 N–H and O–H groups in total. The van der Waals surface area contributed by atoms with Gasteiger partial charge in [-0.2, -0.15) is 0 Å². The first-order chi connectivity index (χ1) is 13.9. The zero-order valence-corrected chi connectivity index (χ0v) is 17.0. The number of benzene rings is 2. The molecule has 0 fully saturated rings. The van der Waals surface area contributed by atoms with E-state index >= 15 is 0 Å². The first-order valence-corrected chi connectivity index (χ1v) is 9.48. The van der Waals surface area contributed by atoms with Crippen LogP contribution in [-0.4, -0.2) is 19.7 Å². The Balaban J connectivity index is 1.92. The first kappa shape index (κ1) is 20.5. The number of aryl methyl sites for hydroxylation is 1. The zero-order valence-electron chi connectivity index (χ0n) is 17.0. The number of hydrogen-bond donors (Lipinski definition) is 0. The fourth-order valence-corrected chi connectivity index (χ4v) is 2.91. The standard InChI is InChI=1S/C23H24O6/c1-5-15-10-18-20(11-19(15)28-13-22(24)26-4)27-12-21(23(18)25)29-17-8-6-16(7-9-17)14(2)3/h6-12,14H,5,13H2,1-4H3. The molecule has 1 aromatic heterocycles. The van der Waals surface area contributed by atoms with Crippen molar-refractivity contribution in [1.29, 1.82) is 0 Å². The van der Waals surface area contributed by atoms with E-state index < -0.39 is 5.97 Å². The average Bonchev–Trinajstić information content (AvgIpc) is 2.73. The van der Waals surface area contributed by atoms with Crippen molar-refractivity contribution in [2.75, 3.05) is 13.7 Å². The molecule has 0 saturated heterocycles. The van der Waals surface area contributed by atoms with E-state index in [1.807, 2.05) is 31.2 Å². The Morgan fingerprint density at radius 2 is 1.83 bits per heavy atom. The highest BCUT2D eigenvalue weighted by atomic mass is 16.6. The van der Waals surface area contributed by atoms with Gasteiger partial charge in [-0.25, -0.2) is 4.79 Å². The second-order valence-electron chi connectivity index (χ2n) is 6.93. The molecule has 152 valence electrons. The Morgan fingerprint density at radius 1 is 1.10 bits per heavy atom. The summed E-state index contributed by atoms with van der Waals surface area (Å²) in [5.74, 6) is 1.08. The number of esters is 1. The molecule has 0 aliphatic heterocycles. The van der Waals surface area contributed by atoms with Gasteiger partial charge in [0.1, 0.15) is 23.3 Å². The van der Waals surface area contributed by atoms with Gasteiger partial charge in [0.2, 0.25) is 11.2 Å². The van der Waals surface area contributed by atoms with Crippen LogP contribution in [0.3, 0.4) is 0 Å². The maximum atomic E-state index is 12.9. The van der Waals surface area contributed by atoms with Crippen LogP contribution >= 0.6 is 0 Å². The summed E-state index contributed by atoms with van der Waals surface area (Å²) in [5.41, 5.74) is 2.06. The molecule has 6 nitrogen and oxygen atoms in total. The van der Waals surface area contributed by atoms with Crippen molar-refractivity contribution in [1.82, 2.24) is 0 Å². The average molecular weight is 396 g/mol. The number of carbonyl (C=O) groups is 1. The van der Waals surface area contributed by atoms with E-state index in [1.165, 1.54) is 18.9 Å². The van der Waals surface area contributed by atoms with E-state index in [-0.39, 0.29) is 17.8 Å². The summed E-state index contributed by atoms with van der Waals surface area (Å²) in [7, 11) is 1.30. The number of hydrogen-bond acceptors (Lipinski definition) is 6. The van der Waals surface area contributed by atoms with Crippen molar-refractivity contribution in [3.05, 3.63) is 64.0 Å². The second kappa shape index (κ2) is 8.82. The lowest BCUT2D eigenvalue weighted by atomic mass is 10.0. The highest BCUT2D eigenvalue weighted by Crippen LogP contribution is 2.28. The van der Waals surface area contributed by atoms with E-state index in [1.54, 1.807) is 12.1 Å². The van der Waals surface area contributed by atoms with Gasteiger partial charge in [-0.3, -0.25) is 4.79 Å². The van der Waals surface area contributed by atoms with Crippen LogP contribution in [0, 0.1) is 0 Å². The van der Waals surface area contributed by atoms with Crippen molar-refractivity contribution < 1.29 is 23.4 Å².